The summed E-state index contributed by atoms with van der Waals surface area (Å²) in [6.45, 7) is 4.48. The van der Waals surface area contributed by atoms with Gasteiger partial charge in [-0.15, -0.1) is 0 Å². The molecule has 0 aliphatic heterocycles. The van der Waals surface area contributed by atoms with Crippen LogP contribution in [0.15, 0.2) is 85.1 Å². The summed E-state index contributed by atoms with van der Waals surface area (Å²) >= 11 is 0. The fourth-order valence-electron chi connectivity index (χ4n) is 7.08. The first kappa shape index (κ1) is 60.5. The number of esters is 2. The Kier molecular flexibility index (Phi) is 43.5. The number of ether oxygens (including phenoxy) is 3. The SMILES string of the molecule is CC/C=C\C/C=C\C/C=C\C/C=C\C/C=C\CCCC(=O)OC(COCCC(C(=O)[O-])[N+](C)(C)C)COC(=O)CCCCCCCCCCCCC/C=C\C/C=C\CCCCCCC. The van der Waals surface area contributed by atoms with Crippen molar-refractivity contribution < 1.29 is 38.2 Å². The van der Waals surface area contributed by atoms with Gasteiger partial charge in [-0.25, -0.2) is 0 Å². The predicted molar refractivity (Wildman–Crippen MR) is 268 cm³/mol. The second-order valence-electron chi connectivity index (χ2n) is 18.0. The summed E-state index contributed by atoms with van der Waals surface area (Å²) < 4.78 is 17.2. The van der Waals surface area contributed by atoms with Crippen molar-refractivity contribution in [1.82, 2.24) is 0 Å². The van der Waals surface area contributed by atoms with E-state index in [4.69, 9.17) is 14.2 Å². The van der Waals surface area contributed by atoms with Crippen molar-refractivity contribution in [3.05, 3.63) is 85.1 Å². The summed E-state index contributed by atoms with van der Waals surface area (Å²) in [5.41, 5.74) is 0. The van der Waals surface area contributed by atoms with Crippen molar-refractivity contribution in [2.75, 3.05) is 41.0 Å². The Labute approximate surface area is 393 Å². The van der Waals surface area contributed by atoms with Crippen LogP contribution in [-0.4, -0.2) is 75.5 Å². The summed E-state index contributed by atoms with van der Waals surface area (Å²) in [7, 11) is 5.39. The van der Waals surface area contributed by atoms with E-state index in [0.29, 0.717) is 12.8 Å². The standard InChI is InChI=1S/C56H95NO7/c1-6-8-10-12-14-16-18-20-22-24-25-26-27-28-29-31-32-34-36-38-40-42-44-46-54(58)63-51-52(50-62-49-48-53(56(60)61)57(3,4)5)64-55(59)47-45-43-41-39-37-35-33-30-23-21-19-17-15-13-11-9-7-2/h9,11,15,17-18,20-21,23-25,33,35,39,41,52-53H,6-8,10,12-14,16,19,22,26-32,34,36-38,40,42-51H2,1-5H3/b11-9-,17-15-,20-18-,23-21-,25-24-,35-33-,41-39-. The van der Waals surface area contributed by atoms with E-state index in [1.807, 2.05) is 0 Å². The van der Waals surface area contributed by atoms with Crippen LogP contribution in [0, 0.1) is 0 Å². The topological polar surface area (TPSA) is 102 Å². The third-order valence-electron chi connectivity index (χ3n) is 11.0. The minimum Gasteiger partial charge on any atom is -0.544 e. The molecule has 8 heteroatoms. The van der Waals surface area contributed by atoms with E-state index in [2.05, 4.69) is 98.9 Å². The number of rotatable bonds is 45. The highest BCUT2D eigenvalue weighted by Gasteiger charge is 2.25. The number of carbonyl (C=O) groups is 3. The molecule has 0 N–H and O–H groups in total. The maximum absolute atomic E-state index is 12.7. The third-order valence-corrected chi connectivity index (χ3v) is 11.0. The summed E-state index contributed by atoms with van der Waals surface area (Å²) in [5, 5.41) is 11.7. The molecule has 0 aromatic rings. The fourth-order valence-corrected chi connectivity index (χ4v) is 7.08. The molecular weight excluding hydrogens is 799 g/mol. The highest BCUT2D eigenvalue weighted by Crippen LogP contribution is 2.14. The van der Waals surface area contributed by atoms with Crippen molar-refractivity contribution in [2.45, 2.75) is 212 Å². The zero-order valence-corrected chi connectivity index (χ0v) is 41.7. The smallest absolute Gasteiger partial charge is 0.306 e. The van der Waals surface area contributed by atoms with E-state index in [-0.39, 0.29) is 49.1 Å². The van der Waals surface area contributed by atoms with Crippen molar-refractivity contribution in [2.24, 2.45) is 0 Å². The number of hydrogen-bond acceptors (Lipinski definition) is 7. The number of allylic oxidation sites excluding steroid dienone is 14. The molecule has 0 amide bonds. The number of carboxylic acid groups (broad SMARTS) is 1. The Morgan fingerprint density at radius 2 is 0.891 bits per heavy atom. The number of quaternary nitrogens is 1. The Bertz CT molecular complexity index is 1320. The summed E-state index contributed by atoms with van der Waals surface area (Å²) in [5.74, 6) is -1.82. The van der Waals surface area contributed by atoms with Gasteiger partial charge in [0.15, 0.2) is 6.10 Å². The molecule has 0 spiro atoms. The second-order valence-corrected chi connectivity index (χ2v) is 18.0. The number of unbranched alkanes of at least 4 members (excludes halogenated alkanes) is 17. The average Bonchev–Trinajstić information content (AvgIpc) is 3.26. The highest BCUT2D eigenvalue weighted by atomic mass is 16.6. The molecule has 0 heterocycles. The first-order valence-electron chi connectivity index (χ1n) is 25.6. The number of carboxylic acids is 1. The molecule has 0 radical (unpaired) electrons. The number of hydrogen-bond donors (Lipinski definition) is 0. The number of carbonyl (C=O) groups excluding carboxylic acids is 3. The van der Waals surface area contributed by atoms with Gasteiger partial charge in [-0.2, -0.15) is 0 Å². The van der Waals surface area contributed by atoms with E-state index < -0.39 is 18.1 Å². The lowest BCUT2D eigenvalue weighted by Gasteiger charge is -2.34. The monoisotopic (exact) mass is 894 g/mol. The van der Waals surface area contributed by atoms with Gasteiger partial charge in [-0.1, -0.05) is 182 Å². The molecule has 8 nitrogen and oxygen atoms in total. The van der Waals surface area contributed by atoms with Crippen LogP contribution in [0.1, 0.15) is 200 Å². The van der Waals surface area contributed by atoms with Crippen LogP contribution in [0.2, 0.25) is 0 Å². The molecule has 2 atom stereocenters. The molecule has 0 aromatic heterocycles. The first-order chi connectivity index (χ1) is 31.1. The maximum Gasteiger partial charge on any atom is 0.306 e. The van der Waals surface area contributed by atoms with Crippen molar-refractivity contribution in [1.29, 1.82) is 0 Å². The molecule has 366 valence electrons. The largest absolute Gasteiger partial charge is 0.544 e. The van der Waals surface area contributed by atoms with Crippen LogP contribution in [0.3, 0.4) is 0 Å². The van der Waals surface area contributed by atoms with Gasteiger partial charge in [-0.05, 0) is 83.5 Å². The molecule has 0 rings (SSSR count). The number of nitrogens with zero attached hydrogens (tertiary/aromatic N) is 1. The Balaban J connectivity index is 4.30. The van der Waals surface area contributed by atoms with Gasteiger partial charge in [0.25, 0.3) is 0 Å². The van der Waals surface area contributed by atoms with Crippen LogP contribution >= 0.6 is 0 Å². The Morgan fingerprint density at radius 3 is 1.34 bits per heavy atom. The van der Waals surface area contributed by atoms with Gasteiger partial charge >= 0.3 is 11.9 Å². The highest BCUT2D eigenvalue weighted by molar-refractivity contribution is 5.70. The fraction of sp³-hybridized carbons (Fsp3) is 0.696. The van der Waals surface area contributed by atoms with E-state index in [9.17, 15) is 19.5 Å². The molecule has 64 heavy (non-hydrogen) atoms. The normalized spacial score (nSPS) is 13.6. The maximum atomic E-state index is 12.7. The molecular formula is C56H95NO7. The molecule has 0 saturated heterocycles. The first-order valence-corrected chi connectivity index (χ1v) is 25.6. The van der Waals surface area contributed by atoms with Gasteiger partial charge < -0.3 is 28.6 Å². The molecule has 0 aliphatic carbocycles. The van der Waals surface area contributed by atoms with E-state index in [1.54, 1.807) is 21.1 Å². The molecule has 2 unspecified atom stereocenters. The van der Waals surface area contributed by atoms with Crippen LogP contribution in [0.4, 0.5) is 0 Å². The number of likely N-dealkylation sites (N-methyl/N-ethyl adjacent to an activating group) is 1. The zero-order chi connectivity index (χ0) is 47.0. The lowest BCUT2D eigenvalue weighted by atomic mass is 10.0. The van der Waals surface area contributed by atoms with Crippen molar-refractivity contribution >= 4 is 17.9 Å². The third kappa shape index (κ3) is 43.7. The van der Waals surface area contributed by atoms with Gasteiger partial charge in [0.1, 0.15) is 12.6 Å². The number of aliphatic carboxylic acids is 1. The quantitative estimate of drug-likeness (QED) is 0.0260. The van der Waals surface area contributed by atoms with Gasteiger partial charge in [0.05, 0.1) is 40.3 Å². The van der Waals surface area contributed by atoms with Crippen LogP contribution in [-0.2, 0) is 28.6 Å². The average molecular weight is 894 g/mol. The predicted octanol–water partition coefficient (Wildman–Crippen LogP) is 13.5. The zero-order valence-electron chi connectivity index (χ0n) is 41.7. The van der Waals surface area contributed by atoms with Crippen LogP contribution in [0.5, 0.6) is 0 Å². The molecule has 0 aromatic carbocycles. The summed E-state index contributed by atoms with van der Waals surface area (Å²) in [4.78, 5) is 37.0. The lowest BCUT2D eigenvalue weighted by Crippen LogP contribution is -2.55. The van der Waals surface area contributed by atoms with Crippen LogP contribution < -0.4 is 5.11 Å². The van der Waals surface area contributed by atoms with Crippen molar-refractivity contribution in [3.63, 3.8) is 0 Å². The molecule has 0 saturated carbocycles. The second kappa shape index (κ2) is 46.1. The summed E-state index contributed by atoms with van der Waals surface area (Å²) in [6, 6.07) is -0.741. The van der Waals surface area contributed by atoms with Crippen molar-refractivity contribution in [3.8, 4) is 0 Å². The Morgan fingerprint density at radius 1 is 0.484 bits per heavy atom. The van der Waals surface area contributed by atoms with Gasteiger partial charge in [0, 0.05) is 19.3 Å². The van der Waals surface area contributed by atoms with E-state index in [0.717, 1.165) is 64.2 Å². The molecule has 0 aliphatic rings. The lowest BCUT2D eigenvalue weighted by molar-refractivity contribution is -0.889. The van der Waals surface area contributed by atoms with E-state index in [1.165, 1.54) is 96.3 Å². The minimum absolute atomic E-state index is 0.0134. The van der Waals surface area contributed by atoms with E-state index >= 15 is 0 Å². The van der Waals surface area contributed by atoms with Gasteiger partial charge in [-0.3, -0.25) is 9.59 Å². The molecule has 0 bridgehead atoms. The Hall–Kier alpha value is -3.49. The van der Waals surface area contributed by atoms with Gasteiger partial charge in [0.2, 0.25) is 0 Å². The summed E-state index contributed by atoms with van der Waals surface area (Å²) in [6.07, 6.45) is 60.5. The molecule has 0 fully saturated rings. The van der Waals surface area contributed by atoms with Crippen LogP contribution in [0.25, 0.3) is 0 Å². The minimum atomic E-state index is -1.14.